The van der Waals surface area contributed by atoms with Gasteiger partial charge in [0.25, 0.3) is 0 Å². The number of alkyl halides is 26. The summed E-state index contributed by atoms with van der Waals surface area (Å²) in [5.41, 5.74) is -1.24. The lowest BCUT2D eigenvalue weighted by atomic mass is 9.93. The molecule has 8 nitrogen and oxygen atoms in total. The zero-order valence-corrected chi connectivity index (χ0v) is 35.3. The number of ether oxygens (including phenoxy) is 2. The van der Waals surface area contributed by atoms with Gasteiger partial charge in [-0.15, -0.1) is 0 Å². The van der Waals surface area contributed by atoms with Crippen molar-refractivity contribution >= 4 is 31.6 Å². The van der Waals surface area contributed by atoms with Crippen LogP contribution in [0.3, 0.4) is 0 Å². The minimum absolute atomic E-state index is 0.373. The first kappa shape index (κ1) is 61.0. The summed E-state index contributed by atoms with van der Waals surface area (Å²) in [7, 11) is -10.8. The molecule has 0 spiro atoms. The van der Waals surface area contributed by atoms with Gasteiger partial charge in [0.15, 0.2) is 19.7 Å². The first-order valence-corrected chi connectivity index (χ1v) is 21.3. The van der Waals surface area contributed by atoms with Crippen LogP contribution in [0.5, 0.6) is 11.5 Å². The van der Waals surface area contributed by atoms with Gasteiger partial charge in [-0.05, 0) is 72.8 Å². The Morgan fingerprint density at radius 3 is 0.778 bits per heavy atom. The summed E-state index contributed by atoms with van der Waals surface area (Å²) in [6.45, 7) is 0. The van der Waals surface area contributed by atoms with Crippen LogP contribution < -0.4 is 9.47 Å². The van der Waals surface area contributed by atoms with Crippen LogP contribution in [0.4, 0.5) is 114 Å². The lowest BCUT2D eigenvalue weighted by Gasteiger charge is -2.39. The second kappa shape index (κ2) is 18.9. The number of sulfone groups is 2. The predicted octanol–water partition coefficient (Wildman–Crippen LogP) is 11.9. The topological polar surface area (TPSA) is 121 Å². The van der Waals surface area contributed by atoms with Crippen molar-refractivity contribution in [2.45, 2.75) is 94.2 Å². The van der Waals surface area contributed by atoms with E-state index in [1.807, 2.05) is 0 Å². The van der Waals surface area contributed by atoms with Gasteiger partial charge in [0, 0.05) is 12.8 Å². The first-order valence-electron chi connectivity index (χ1n) is 18.0. The highest BCUT2D eigenvalue weighted by molar-refractivity contribution is 7.91. The minimum atomic E-state index is -8.22. The maximum atomic E-state index is 14.2. The fourth-order valence-corrected chi connectivity index (χ4v) is 7.81. The molecular formula is C36H20F26O8S2. The van der Waals surface area contributed by atoms with Gasteiger partial charge in [0.1, 0.15) is 11.5 Å². The van der Waals surface area contributed by atoms with Crippen molar-refractivity contribution in [1.82, 2.24) is 0 Å². The number of carbonyl (C=O) groups excluding carboxylic acids is 2. The molecule has 0 aliphatic heterocycles. The number of carbonyl (C=O) groups is 2. The van der Waals surface area contributed by atoms with Crippen LogP contribution in [0.25, 0.3) is 0 Å². The molecule has 3 rings (SSSR count). The fourth-order valence-electron chi connectivity index (χ4n) is 5.18. The summed E-state index contributed by atoms with van der Waals surface area (Å²) in [4.78, 5) is 22.7. The number of hydrogen-bond donors (Lipinski definition) is 0. The smallest absolute Gasteiger partial charge is 0.423 e. The molecule has 0 amide bonds. The predicted molar refractivity (Wildman–Crippen MR) is 184 cm³/mol. The summed E-state index contributed by atoms with van der Waals surface area (Å²) in [6.07, 6.45) is -21.5. The van der Waals surface area contributed by atoms with E-state index >= 15 is 0 Å². The zero-order valence-electron chi connectivity index (χ0n) is 33.7. The molecule has 0 aromatic heterocycles. The third kappa shape index (κ3) is 10.7. The average molecular weight is 1140 g/mol. The van der Waals surface area contributed by atoms with Crippen molar-refractivity contribution in [1.29, 1.82) is 0 Å². The summed E-state index contributed by atoms with van der Waals surface area (Å²) < 4.78 is 407. The van der Waals surface area contributed by atoms with Gasteiger partial charge in [-0.2, -0.15) is 114 Å². The van der Waals surface area contributed by atoms with E-state index in [0.29, 0.717) is 48.5 Å². The highest BCUT2D eigenvalue weighted by atomic mass is 32.2. The lowest BCUT2D eigenvalue weighted by Crippen LogP contribution is -2.70. The maximum Gasteiger partial charge on any atom is 0.460 e. The summed E-state index contributed by atoms with van der Waals surface area (Å²) in [6, 6.07) is 7.13. The highest BCUT2D eigenvalue weighted by Crippen LogP contribution is 2.62. The van der Waals surface area contributed by atoms with Crippen molar-refractivity contribution in [3.63, 3.8) is 0 Å². The molecule has 406 valence electrons. The molecule has 0 unspecified atom stereocenters. The molecule has 36 heteroatoms. The van der Waals surface area contributed by atoms with E-state index in [2.05, 4.69) is 0 Å². The summed E-state index contributed by atoms with van der Waals surface area (Å²) in [5.74, 6) is -86.1. The van der Waals surface area contributed by atoms with Gasteiger partial charge in [0.05, 0.1) is 32.4 Å². The lowest BCUT2D eigenvalue weighted by molar-refractivity contribution is -0.439. The number of esters is 2. The third-order valence-corrected chi connectivity index (χ3v) is 13.0. The maximum absolute atomic E-state index is 14.2. The summed E-state index contributed by atoms with van der Waals surface area (Å²) in [5, 5.41) is 0. The fraction of sp³-hybridized carbons (Fsp3) is 0.444. The van der Waals surface area contributed by atoms with Gasteiger partial charge in [-0.3, -0.25) is 0 Å². The van der Waals surface area contributed by atoms with Crippen LogP contribution in [0.1, 0.15) is 33.6 Å². The Morgan fingerprint density at radius 2 is 0.556 bits per heavy atom. The number of benzene rings is 3. The van der Waals surface area contributed by atoms with Gasteiger partial charge in [-0.25, -0.2) is 26.4 Å². The molecule has 0 aliphatic rings. The average Bonchev–Trinajstić information content (AvgIpc) is 3.24. The van der Waals surface area contributed by atoms with Crippen LogP contribution in [-0.4, -0.2) is 112 Å². The standard InChI is InChI=1S/C36H20F26O8S2/c37-25(38,27(41,42)29(45,46)31(49,50)33(53,54)35(57,58)59)13-15-71(65,66)21-9-1-17(2-10-21)23(63)69-19-5-7-20(8-6-19)70-24(64)18-3-11-22(12-4-18)72(67,68)16-14-26(39,40)28(43,44)30(47,48)32(51,52)34(55,56)36(60,61)62/h1-12H,13-16H2. The molecule has 72 heavy (non-hydrogen) atoms. The Bertz CT molecular complexity index is 2500. The van der Waals surface area contributed by atoms with E-state index < -0.39 is 160 Å². The third-order valence-electron chi connectivity index (χ3n) is 9.51. The van der Waals surface area contributed by atoms with E-state index in [1.54, 1.807) is 0 Å². The van der Waals surface area contributed by atoms with Gasteiger partial charge in [-0.1, -0.05) is 0 Å². The molecule has 3 aromatic rings. The zero-order chi connectivity index (χ0) is 56.3. The minimum Gasteiger partial charge on any atom is -0.423 e. The normalized spacial score (nSPS) is 14.8. The molecule has 0 fully saturated rings. The van der Waals surface area contributed by atoms with Crippen LogP contribution in [0, 0.1) is 0 Å². The van der Waals surface area contributed by atoms with E-state index in [1.165, 1.54) is 0 Å². The molecule has 0 heterocycles. The Hall–Kier alpha value is -5.32. The van der Waals surface area contributed by atoms with Gasteiger partial charge in [0.2, 0.25) is 0 Å². The van der Waals surface area contributed by atoms with Crippen molar-refractivity contribution in [3.8, 4) is 11.5 Å². The first-order chi connectivity index (χ1) is 31.8. The Labute approximate surface area is 382 Å². The van der Waals surface area contributed by atoms with Crippen molar-refractivity contribution < 1.29 is 150 Å². The second-order valence-electron chi connectivity index (χ2n) is 14.4. The van der Waals surface area contributed by atoms with Crippen LogP contribution >= 0.6 is 0 Å². The molecular weight excluding hydrogens is 1120 g/mol. The molecule has 0 N–H and O–H groups in total. The molecule has 0 saturated heterocycles. The molecule has 0 saturated carbocycles. The molecule has 0 radical (unpaired) electrons. The second-order valence-corrected chi connectivity index (χ2v) is 18.7. The number of rotatable bonds is 20. The summed E-state index contributed by atoms with van der Waals surface area (Å²) >= 11 is 0. The van der Waals surface area contributed by atoms with E-state index in [-0.39, 0.29) is 0 Å². The number of halogens is 26. The molecule has 0 atom stereocenters. The van der Waals surface area contributed by atoms with E-state index in [4.69, 9.17) is 9.47 Å². The van der Waals surface area contributed by atoms with Gasteiger partial charge >= 0.3 is 83.5 Å². The van der Waals surface area contributed by atoms with E-state index in [9.17, 15) is 141 Å². The Kier molecular flexibility index (Phi) is 16.0. The molecule has 0 bridgehead atoms. The Balaban J connectivity index is 1.65. The number of hydrogen-bond acceptors (Lipinski definition) is 8. The van der Waals surface area contributed by atoms with Crippen LogP contribution in [0.2, 0.25) is 0 Å². The van der Waals surface area contributed by atoms with Crippen LogP contribution in [0.15, 0.2) is 82.6 Å². The highest BCUT2D eigenvalue weighted by Gasteiger charge is 2.92. The van der Waals surface area contributed by atoms with Crippen molar-refractivity contribution in [3.05, 3.63) is 83.9 Å². The van der Waals surface area contributed by atoms with Crippen molar-refractivity contribution in [2.75, 3.05) is 11.5 Å². The van der Waals surface area contributed by atoms with Crippen molar-refractivity contribution in [2.24, 2.45) is 0 Å². The molecule has 3 aromatic carbocycles. The van der Waals surface area contributed by atoms with Crippen LogP contribution in [-0.2, 0) is 19.7 Å². The largest absolute Gasteiger partial charge is 0.460 e. The monoisotopic (exact) mass is 1140 g/mol. The molecule has 0 aliphatic carbocycles. The SMILES string of the molecule is O=C(Oc1ccc(OC(=O)c2ccc(S(=O)(=O)CCC(F)(F)C(F)(F)C(F)(F)C(F)(F)C(F)(F)C(F)(F)F)cc2)cc1)c1ccc(S(=O)(=O)CCC(F)(F)C(F)(F)C(F)(F)C(F)(F)C(F)(F)C(F)(F)F)cc1. The Morgan fingerprint density at radius 1 is 0.333 bits per heavy atom. The van der Waals surface area contributed by atoms with Gasteiger partial charge < -0.3 is 9.47 Å². The van der Waals surface area contributed by atoms with E-state index in [0.717, 1.165) is 24.3 Å². The quantitative estimate of drug-likeness (QED) is 0.0623.